The summed E-state index contributed by atoms with van der Waals surface area (Å²) >= 11 is 0. The highest BCUT2D eigenvalue weighted by molar-refractivity contribution is 7.86. The van der Waals surface area contributed by atoms with E-state index in [2.05, 4.69) is 9.97 Å². The maximum absolute atomic E-state index is 12.0. The zero-order chi connectivity index (χ0) is 41.9. The Labute approximate surface area is 341 Å². The van der Waals surface area contributed by atoms with Crippen LogP contribution in [-0.2, 0) is 20.2 Å². The second kappa shape index (κ2) is 14.4. The summed E-state index contributed by atoms with van der Waals surface area (Å²) in [6.45, 7) is 0. The number of nitrogens with one attached hydrogen (secondary N) is 2. The number of non-ortho nitro benzene ring substituents is 1. The van der Waals surface area contributed by atoms with Gasteiger partial charge in [0.15, 0.2) is 0 Å². The fraction of sp³-hybridized carbons (Fsp3) is 0. The number of fused-ring (bicyclic) bond motifs is 8. The molecular weight excluding hydrogens is 805 g/mol. The summed E-state index contributed by atoms with van der Waals surface area (Å²) in [5.41, 5.74) is 16.3. The molecule has 4 aromatic carbocycles. The standard InChI is InChI=1S/C44H30N6O8S2/c45-29-9-1-25(2-10-29)41-33-17-19-35(46-33)42(26-3-11-30(12-4-26)50(51)52)36-20-22-38(48-36)44(28-7-15-32(16-8-28)60(56,57)58)40-24-23-39(49-40)43(37-21-18-34(41)47-37)27-5-13-31(14-6-27)59(53,54)55/h1-24,46,48H,45H2,(H,53,54,55)(H,56,57,58). The molecule has 60 heavy (non-hydrogen) atoms. The van der Waals surface area contributed by atoms with Crippen molar-refractivity contribution in [2.75, 3.05) is 5.73 Å². The number of H-pyrrole nitrogens is 2. The molecule has 0 spiro atoms. The van der Waals surface area contributed by atoms with Crippen LogP contribution in [-0.4, -0.2) is 50.8 Å². The molecule has 0 atom stereocenters. The number of anilines is 1. The minimum atomic E-state index is -4.50. The predicted octanol–water partition coefficient (Wildman–Crippen LogP) is 9.31. The number of rotatable bonds is 7. The van der Waals surface area contributed by atoms with Crippen LogP contribution in [0.1, 0.15) is 22.8 Å². The lowest BCUT2D eigenvalue weighted by Gasteiger charge is -2.08. The highest BCUT2D eigenvalue weighted by Crippen LogP contribution is 2.39. The van der Waals surface area contributed by atoms with Gasteiger partial charge in [-0.15, -0.1) is 0 Å². The Morgan fingerprint density at radius 3 is 1.17 bits per heavy atom. The third-order valence-corrected chi connectivity index (χ3v) is 11.9. The van der Waals surface area contributed by atoms with Crippen molar-refractivity contribution in [2.45, 2.75) is 9.79 Å². The Morgan fingerprint density at radius 1 is 0.467 bits per heavy atom. The van der Waals surface area contributed by atoms with Crippen LogP contribution in [0.15, 0.2) is 131 Å². The quantitative estimate of drug-likeness (QED) is 0.0439. The summed E-state index contributed by atoms with van der Waals surface area (Å²) in [5.74, 6) is 0. The number of nitrogens with two attached hydrogens (primary N) is 1. The molecule has 2 aliphatic heterocycles. The summed E-state index contributed by atoms with van der Waals surface area (Å²) < 4.78 is 67.5. The van der Waals surface area contributed by atoms with Crippen molar-refractivity contribution in [3.8, 4) is 44.5 Å². The number of hydrogen-bond donors (Lipinski definition) is 5. The first-order valence-corrected chi connectivity index (χ1v) is 21.0. The molecule has 296 valence electrons. The van der Waals surface area contributed by atoms with E-state index in [-0.39, 0.29) is 15.5 Å². The number of hydrogen-bond acceptors (Lipinski definition) is 9. The van der Waals surface area contributed by atoms with Crippen LogP contribution < -0.4 is 5.73 Å². The zero-order valence-electron chi connectivity index (χ0n) is 30.9. The first-order chi connectivity index (χ1) is 28.7. The molecular formula is C44H30N6O8S2. The number of nitro benzene ring substituents is 1. The van der Waals surface area contributed by atoms with Crippen LogP contribution in [0.3, 0.4) is 0 Å². The smallest absolute Gasteiger partial charge is 0.294 e. The highest BCUT2D eigenvalue weighted by Gasteiger charge is 2.21. The van der Waals surface area contributed by atoms with E-state index in [4.69, 9.17) is 15.7 Å². The first-order valence-electron chi connectivity index (χ1n) is 18.1. The number of nitro groups is 1. The molecule has 0 unspecified atom stereocenters. The molecule has 2 aliphatic rings. The van der Waals surface area contributed by atoms with E-state index in [0.29, 0.717) is 83.9 Å². The zero-order valence-corrected chi connectivity index (χ0v) is 32.6. The van der Waals surface area contributed by atoms with Crippen molar-refractivity contribution in [3.63, 3.8) is 0 Å². The average Bonchev–Trinajstić information content (AvgIpc) is 4.07. The maximum atomic E-state index is 12.0. The highest BCUT2D eigenvalue weighted by atomic mass is 32.2. The number of nitrogens with zero attached hydrogens (tertiary/aromatic N) is 3. The van der Waals surface area contributed by atoms with Crippen LogP contribution in [0.4, 0.5) is 11.4 Å². The fourth-order valence-corrected chi connectivity index (χ4v) is 8.37. The topological polar surface area (TPSA) is 235 Å². The monoisotopic (exact) mass is 834 g/mol. The van der Waals surface area contributed by atoms with Gasteiger partial charge in [0.05, 0.1) is 37.5 Å². The van der Waals surface area contributed by atoms with Crippen molar-refractivity contribution in [3.05, 3.63) is 154 Å². The second-order valence-electron chi connectivity index (χ2n) is 13.9. The number of benzene rings is 4. The SMILES string of the molecule is Nc1ccc(-c2c3nc(c(-c4ccc(S(=O)(=O)O)cc4)c4nc(c(-c5ccc(S(=O)(=O)O)cc5)c5ccc([nH]5)c(-c5ccc([N+](=O)[O-])cc5)c5ccc2[nH]5)C=C4)C=C3)cc1. The summed E-state index contributed by atoms with van der Waals surface area (Å²) in [6, 6.07) is 32.5. The van der Waals surface area contributed by atoms with E-state index in [1.54, 1.807) is 60.7 Å². The molecule has 6 N–H and O–H groups in total. The lowest BCUT2D eigenvalue weighted by atomic mass is 10.0. The van der Waals surface area contributed by atoms with Crippen molar-refractivity contribution >= 4 is 78.0 Å². The van der Waals surface area contributed by atoms with Gasteiger partial charge in [-0.25, -0.2) is 9.97 Å². The third-order valence-electron chi connectivity index (χ3n) is 10.2. The molecule has 0 fully saturated rings. The number of aromatic nitrogens is 4. The molecule has 8 bridgehead atoms. The normalized spacial score (nSPS) is 12.5. The third kappa shape index (κ3) is 7.05. The van der Waals surface area contributed by atoms with E-state index >= 15 is 0 Å². The fourth-order valence-electron chi connectivity index (χ4n) is 7.41. The minimum Gasteiger partial charge on any atom is -0.399 e. The van der Waals surface area contributed by atoms with Crippen molar-refractivity contribution in [2.24, 2.45) is 0 Å². The molecule has 9 rings (SSSR count). The van der Waals surface area contributed by atoms with Gasteiger partial charge in [-0.2, -0.15) is 16.8 Å². The summed E-state index contributed by atoms with van der Waals surface area (Å²) in [4.78, 5) is 27.9. The van der Waals surface area contributed by atoms with Gasteiger partial charge in [-0.1, -0.05) is 36.4 Å². The van der Waals surface area contributed by atoms with Gasteiger partial charge in [-0.3, -0.25) is 19.2 Å². The van der Waals surface area contributed by atoms with Crippen LogP contribution in [0.5, 0.6) is 0 Å². The van der Waals surface area contributed by atoms with Gasteiger partial charge in [0.25, 0.3) is 25.9 Å². The molecule has 3 aromatic heterocycles. The Bertz CT molecular complexity index is 3380. The van der Waals surface area contributed by atoms with Crippen molar-refractivity contribution in [1.82, 2.24) is 19.9 Å². The Balaban J connectivity index is 1.44. The molecule has 0 radical (unpaired) electrons. The van der Waals surface area contributed by atoms with Crippen LogP contribution >= 0.6 is 0 Å². The summed E-state index contributed by atoms with van der Waals surface area (Å²) in [6.07, 6.45) is 7.28. The van der Waals surface area contributed by atoms with Crippen LogP contribution in [0, 0.1) is 10.1 Å². The van der Waals surface area contributed by atoms with Gasteiger partial charge in [0.2, 0.25) is 0 Å². The number of nitrogen functional groups attached to an aromatic ring is 1. The molecule has 0 saturated heterocycles. The van der Waals surface area contributed by atoms with Crippen molar-refractivity contribution in [1.29, 1.82) is 0 Å². The van der Waals surface area contributed by atoms with E-state index < -0.39 is 25.2 Å². The van der Waals surface area contributed by atoms with Gasteiger partial charge in [-0.05, 0) is 119 Å². The van der Waals surface area contributed by atoms with Gasteiger partial charge in [0.1, 0.15) is 0 Å². The predicted molar refractivity (Wildman–Crippen MR) is 231 cm³/mol. The second-order valence-corrected chi connectivity index (χ2v) is 16.8. The number of aromatic amines is 2. The van der Waals surface area contributed by atoms with Crippen LogP contribution in [0.25, 0.3) is 90.9 Å². The van der Waals surface area contributed by atoms with E-state index in [1.807, 2.05) is 48.6 Å². The molecule has 14 nitrogen and oxygen atoms in total. The molecule has 0 aliphatic carbocycles. The molecule has 0 amide bonds. The maximum Gasteiger partial charge on any atom is 0.294 e. The van der Waals surface area contributed by atoms with Gasteiger partial charge < -0.3 is 15.7 Å². The average molecular weight is 835 g/mol. The summed E-state index contributed by atoms with van der Waals surface area (Å²) in [5, 5.41) is 11.6. The van der Waals surface area contributed by atoms with E-state index in [1.165, 1.54) is 36.4 Å². The first kappa shape index (κ1) is 38.0. The molecule has 16 heteroatoms. The Kier molecular flexibility index (Phi) is 9.13. The molecule has 7 aromatic rings. The Morgan fingerprint density at radius 2 is 0.783 bits per heavy atom. The van der Waals surface area contributed by atoms with E-state index in [0.717, 1.165) is 11.1 Å². The molecule has 5 heterocycles. The Hall–Kier alpha value is -7.50. The van der Waals surface area contributed by atoms with E-state index in [9.17, 15) is 36.1 Å². The minimum absolute atomic E-state index is 0.0726. The van der Waals surface area contributed by atoms with Gasteiger partial charge >= 0.3 is 0 Å². The largest absolute Gasteiger partial charge is 0.399 e. The summed E-state index contributed by atoms with van der Waals surface area (Å²) in [7, 11) is -8.98. The van der Waals surface area contributed by atoms with Gasteiger partial charge in [0, 0.05) is 62.1 Å². The lowest BCUT2D eigenvalue weighted by molar-refractivity contribution is -0.384. The van der Waals surface area contributed by atoms with Crippen molar-refractivity contribution < 1.29 is 30.9 Å². The lowest BCUT2D eigenvalue weighted by Crippen LogP contribution is -1.98. The molecule has 0 saturated carbocycles. The van der Waals surface area contributed by atoms with Crippen LogP contribution in [0.2, 0.25) is 0 Å².